The zero-order valence-electron chi connectivity index (χ0n) is 12.2. The fourth-order valence-electron chi connectivity index (χ4n) is 2.82. The lowest BCUT2D eigenvalue weighted by Crippen LogP contribution is -2.64. The molecule has 0 spiro atoms. The van der Waals surface area contributed by atoms with Gasteiger partial charge in [-0.2, -0.15) is 0 Å². The minimum Gasteiger partial charge on any atom is -0.378 e. The second-order valence-corrected chi connectivity index (χ2v) is 6.69. The highest BCUT2D eigenvalue weighted by Gasteiger charge is 2.42. The maximum Gasteiger partial charge on any atom is 0.246 e. The van der Waals surface area contributed by atoms with Crippen molar-refractivity contribution in [3.63, 3.8) is 0 Å². The van der Waals surface area contributed by atoms with Gasteiger partial charge in [0.2, 0.25) is 11.8 Å². The number of carbonyl (C=O) groups excluding carboxylic acids is 2. The van der Waals surface area contributed by atoms with Crippen LogP contribution in [0.15, 0.2) is 0 Å². The largest absolute Gasteiger partial charge is 0.378 e. The maximum atomic E-state index is 12.6. The summed E-state index contributed by atoms with van der Waals surface area (Å²) in [4.78, 5) is 26.2. The summed E-state index contributed by atoms with van der Waals surface area (Å²) in [7, 11) is 0. The van der Waals surface area contributed by atoms with Crippen molar-refractivity contribution in [2.45, 2.75) is 58.7 Å². The molecule has 5 heteroatoms. The molecule has 2 rings (SSSR count). The van der Waals surface area contributed by atoms with Crippen LogP contribution in [-0.4, -0.2) is 48.1 Å². The number of nitrogens with zero attached hydrogens (tertiary/aromatic N) is 1. The molecule has 0 radical (unpaired) electrons. The van der Waals surface area contributed by atoms with Crippen LogP contribution in [0.4, 0.5) is 0 Å². The fraction of sp³-hybridized carbons (Fsp3) is 0.857. The Bertz CT molecular complexity index is 375. The highest BCUT2D eigenvalue weighted by Crippen LogP contribution is 2.27. The Morgan fingerprint density at radius 2 is 2.00 bits per heavy atom. The Balaban J connectivity index is 2.15. The molecule has 1 N–H and O–H groups in total. The molecule has 19 heavy (non-hydrogen) atoms. The van der Waals surface area contributed by atoms with Crippen molar-refractivity contribution in [2.75, 3.05) is 13.2 Å². The van der Waals surface area contributed by atoms with Gasteiger partial charge in [0.25, 0.3) is 0 Å². The Morgan fingerprint density at radius 1 is 1.32 bits per heavy atom. The summed E-state index contributed by atoms with van der Waals surface area (Å²) in [6, 6.07) is -0.293. The first-order valence-corrected chi connectivity index (χ1v) is 7.00. The average molecular weight is 268 g/mol. The summed E-state index contributed by atoms with van der Waals surface area (Å²) in [6.45, 7) is 8.80. The number of nitrogens with one attached hydrogen (secondary N) is 1. The van der Waals surface area contributed by atoms with Crippen molar-refractivity contribution < 1.29 is 14.3 Å². The van der Waals surface area contributed by atoms with E-state index in [-0.39, 0.29) is 35.9 Å². The summed E-state index contributed by atoms with van der Waals surface area (Å²) in [5.41, 5.74) is -0.262. The Labute approximate surface area is 114 Å². The van der Waals surface area contributed by atoms with Crippen LogP contribution in [0, 0.1) is 5.41 Å². The van der Waals surface area contributed by atoms with E-state index in [1.165, 1.54) is 0 Å². The van der Waals surface area contributed by atoms with Crippen molar-refractivity contribution >= 4 is 11.8 Å². The molecule has 3 atom stereocenters. The van der Waals surface area contributed by atoms with Crippen LogP contribution in [0.3, 0.4) is 0 Å². The number of piperazine rings is 1. The lowest BCUT2D eigenvalue weighted by molar-refractivity contribution is -0.152. The minimum atomic E-state index is -0.424. The summed E-state index contributed by atoms with van der Waals surface area (Å²) in [5.74, 6) is -0.00938. The summed E-state index contributed by atoms with van der Waals surface area (Å²) in [6.07, 6.45) is 1.79. The topological polar surface area (TPSA) is 58.6 Å². The van der Waals surface area contributed by atoms with Gasteiger partial charge in [-0.05, 0) is 25.2 Å². The first-order valence-electron chi connectivity index (χ1n) is 7.00. The fourth-order valence-corrected chi connectivity index (χ4v) is 2.82. The van der Waals surface area contributed by atoms with Crippen LogP contribution in [0.1, 0.15) is 40.5 Å². The standard InChI is InChI=1S/C14H24N2O3/c1-9-7-10(5-6-19-9)16-8-11(17)15-12(13(16)18)14(2,3)4/h9-10,12H,5-8H2,1-4H3,(H,15,17). The van der Waals surface area contributed by atoms with Crippen molar-refractivity contribution in [3.05, 3.63) is 0 Å². The van der Waals surface area contributed by atoms with E-state index in [2.05, 4.69) is 5.32 Å². The molecule has 2 amide bonds. The van der Waals surface area contributed by atoms with Gasteiger partial charge in [-0.15, -0.1) is 0 Å². The van der Waals surface area contributed by atoms with Crippen LogP contribution in [-0.2, 0) is 14.3 Å². The third-order valence-electron chi connectivity index (χ3n) is 3.91. The van der Waals surface area contributed by atoms with Crippen LogP contribution in [0.2, 0.25) is 0 Å². The molecule has 2 aliphatic heterocycles. The second-order valence-electron chi connectivity index (χ2n) is 6.69. The molecule has 0 bridgehead atoms. The number of rotatable bonds is 1. The van der Waals surface area contributed by atoms with Gasteiger partial charge in [0, 0.05) is 12.6 Å². The Hall–Kier alpha value is -1.10. The number of ether oxygens (including phenoxy) is 1. The zero-order valence-corrected chi connectivity index (χ0v) is 12.2. The molecule has 0 aromatic carbocycles. The van der Waals surface area contributed by atoms with E-state index in [1.54, 1.807) is 4.90 Å². The van der Waals surface area contributed by atoms with Crippen LogP contribution in [0.25, 0.3) is 0 Å². The van der Waals surface area contributed by atoms with E-state index in [0.29, 0.717) is 6.61 Å². The van der Waals surface area contributed by atoms with Gasteiger partial charge in [-0.3, -0.25) is 9.59 Å². The normalized spacial score (nSPS) is 33.3. The summed E-state index contributed by atoms with van der Waals surface area (Å²) in [5, 5.41) is 2.82. The van der Waals surface area contributed by atoms with Crippen LogP contribution >= 0.6 is 0 Å². The van der Waals surface area contributed by atoms with Crippen molar-refractivity contribution in [2.24, 2.45) is 5.41 Å². The highest BCUT2D eigenvalue weighted by atomic mass is 16.5. The third kappa shape index (κ3) is 3.08. The van der Waals surface area contributed by atoms with E-state index >= 15 is 0 Å². The lowest BCUT2D eigenvalue weighted by atomic mass is 9.84. The molecule has 5 nitrogen and oxygen atoms in total. The molecule has 0 saturated carbocycles. The molecule has 2 saturated heterocycles. The first-order chi connectivity index (χ1) is 8.79. The molecule has 2 fully saturated rings. The predicted molar refractivity (Wildman–Crippen MR) is 71.5 cm³/mol. The van der Waals surface area contributed by atoms with E-state index in [1.807, 2.05) is 27.7 Å². The van der Waals surface area contributed by atoms with Crippen molar-refractivity contribution in [1.82, 2.24) is 10.2 Å². The zero-order chi connectivity index (χ0) is 14.2. The van der Waals surface area contributed by atoms with Gasteiger partial charge >= 0.3 is 0 Å². The lowest BCUT2D eigenvalue weighted by Gasteiger charge is -2.44. The van der Waals surface area contributed by atoms with Gasteiger partial charge in [0.1, 0.15) is 6.04 Å². The molecular formula is C14H24N2O3. The third-order valence-corrected chi connectivity index (χ3v) is 3.91. The average Bonchev–Trinajstić information content (AvgIpc) is 2.30. The molecule has 0 aromatic heterocycles. The monoisotopic (exact) mass is 268 g/mol. The minimum absolute atomic E-state index is 0.0474. The van der Waals surface area contributed by atoms with Gasteiger partial charge in [0.05, 0.1) is 12.6 Å². The molecule has 2 heterocycles. The SMILES string of the molecule is CC1CC(N2CC(=O)NC(C(C)(C)C)C2=O)CCO1. The number of hydrogen-bond donors (Lipinski definition) is 1. The predicted octanol–water partition coefficient (Wildman–Crippen LogP) is 0.927. The Kier molecular flexibility index (Phi) is 3.85. The number of amides is 2. The van der Waals surface area contributed by atoms with Crippen LogP contribution < -0.4 is 5.32 Å². The molecule has 3 unspecified atom stereocenters. The smallest absolute Gasteiger partial charge is 0.246 e. The first kappa shape index (κ1) is 14.3. The summed E-state index contributed by atoms with van der Waals surface area (Å²) >= 11 is 0. The van der Waals surface area contributed by atoms with E-state index in [0.717, 1.165) is 12.8 Å². The molecule has 0 aromatic rings. The summed E-state index contributed by atoms with van der Waals surface area (Å²) < 4.78 is 5.52. The van der Waals surface area contributed by atoms with E-state index in [4.69, 9.17) is 4.74 Å². The van der Waals surface area contributed by atoms with Gasteiger partial charge in [-0.25, -0.2) is 0 Å². The maximum absolute atomic E-state index is 12.6. The highest BCUT2D eigenvalue weighted by molar-refractivity contribution is 5.95. The number of carbonyl (C=O) groups is 2. The van der Waals surface area contributed by atoms with Crippen LogP contribution in [0.5, 0.6) is 0 Å². The van der Waals surface area contributed by atoms with Gasteiger partial charge < -0.3 is 15.0 Å². The molecule has 0 aliphatic carbocycles. The molecular weight excluding hydrogens is 244 g/mol. The molecule has 108 valence electrons. The Morgan fingerprint density at radius 3 is 2.58 bits per heavy atom. The van der Waals surface area contributed by atoms with E-state index < -0.39 is 6.04 Å². The van der Waals surface area contributed by atoms with Crippen molar-refractivity contribution in [3.8, 4) is 0 Å². The number of hydrogen-bond acceptors (Lipinski definition) is 3. The second kappa shape index (κ2) is 5.12. The van der Waals surface area contributed by atoms with Gasteiger partial charge in [0.15, 0.2) is 0 Å². The molecule has 2 aliphatic rings. The van der Waals surface area contributed by atoms with Gasteiger partial charge in [-0.1, -0.05) is 20.8 Å². The van der Waals surface area contributed by atoms with E-state index in [9.17, 15) is 9.59 Å². The quantitative estimate of drug-likeness (QED) is 0.769. The van der Waals surface area contributed by atoms with Crippen molar-refractivity contribution in [1.29, 1.82) is 0 Å².